The minimum absolute atomic E-state index is 0.0770. The highest BCUT2D eigenvalue weighted by Crippen LogP contribution is 2.32. The van der Waals surface area contributed by atoms with E-state index in [0.717, 1.165) is 6.29 Å². The number of benzene rings is 3. The average molecular weight is 531 g/mol. The molecule has 0 aliphatic heterocycles. The lowest BCUT2D eigenvalue weighted by Gasteiger charge is -2.17. The number of carbonyl (C=O) groups is 2. The Labute approximate surface area is 221 Å². The maximum Gasteiger partial charge on any atom is 0.339 e. The first-order valence-electron chi connectivity index (χ1n) is 11.6. The average Bonchev–Trinajstić information content (AvgIpc) is 2.95. The van der Waals surface area contributed by atoms with Gasteiger partial charge in [-0.25, -0.2) is 18.2 Å². The molecule has 4 rings (SSSR count). The van der Waals surface area contributed by atoms with Gasteiger partial charge in [-0.1, -0.05) is 30.3 Å². The number of pyridine rings is 1. The second-order valence-corrected chi connectivity index (χ2v) is 10.3. The third-order valence-electron chi connectivity index (χ3n) is 6.07. The molecule has 0 unspecified atom stereocenters. The quantitative estimate of drug-likeness (QED) is 0.235. The third kappa shape index (κ3) is 5.28. The Morgan fingerprint density at radius 2 is 1.74 bits per heavy atom. The first-order valence-corrected chi connectivity index (χ1v) is 13.1. The molecule has 0 aliphatic rings. The van der Waals surface area contributed by atoms with Crippen molar-refractivity contribution >= 4 is 27.8 Å². The minimum Gasteiger partial charge on any atom is -0.497 e. The van der Waals surface area contributed by atoms with Crippen molar-refractivity contribution in [2.75, 3.05) is 19.5 Å². The Morgan fingerprint density at radius 1 is 1.00 bits per heavy atom. The highest BCUT2D eigenvalue weighted by Gasteiger charge is 2.24. The van der Waals surface area contributed by atoms with Crippen LogP contribution in [0.2, 0.25) is 0 Å². The summed E-state index contributed by atoms with van der Waals surface area (Å²) in [6.45, 7) is 1.90. The van der Waals surface area contributed by atoms with Crippen LogP contribution in [0.1, 0.15) is 31.8 Å². The summed E-state index contributed by atoms with van der Waals surface area (Å²) in [4.78, 5) is 28.6. The number of hydrogen-bond acceptors (Lipinski definition) is 8. The smallest absolute Gasteiger partial charge is 0.339 e. The maximum absolute atomic E-state index is 13.4. The summed E-state index contributed by atoms with van der Waals surface area (Å²) in [7, 11) is -1.13. The van der Waals surface area contributed by atoms with E-state index in [-0.39, 0.29) is 22.0 Å². The zero-order valence-electron chi connectivity index (χ0n) is 21.1. The molecule has 8 nitrogen and oxygen atoms in total. The third-order valence-corrected chi connectivity index (χ3v) is 7.84. The summed E-state index contributed by atoms with van der Waals surface area (Å²) in [5.41, 5.74) is 3.74. The number of nitrogens with one attached hydrogen (secondary N) is 1. The normalized spacial score (nSPS) is 11.0. The van der Waals surface area contributed by atoms with Gasteiger partial charge in [-0.2, -0.15) is 0 Å². The molecule has 4 aromatic rings. The van der Waals surface area contributed by atoms with E-state index in [9.17, 15) is 18.0 Å². The van der Waals surface area contributed by atoms with Gasteiger partial charge < -0.3 is 14.8 Å². The zero-order chi connectivity index (χ0) is 27.3. The number of rotatable bonds is 9. The van der Waals surface area contributed by atoms with Gasteiger partial charge >= 0.3 is 5.97 Å². The molecular formula is C29H26N2O6S. The van der Waals surface area contributed by atoms with E-state index < -0.39 is 15.8 Å². The fraction of sp³-hybridized carbons (Fsp3) is 0.138. The van der Waals surface area contributed by atoms with Gasteiger partial charge in [-0.05, 0) is 66.1 Å². The van der Waals surface area contributed by atoms with Gasteiger partial charge in [0, 0.05) is 23.9 Å². The number of methoxy groups -OCH3 is 2. The first-order chi connectivity index (χ1) is 18.3. The number of anilines is 1. The molecule has 0 amide bonds. The SMILES string of the molecule is COC(=O)c1cc(-c2ccccc2C=O)cc(C)c1NCc1cccnc1S(=O)(=O)c1ccc(OC)cc1. The van der Waals surface area contributed by atoms with Gasteiger partial charge in [0.05, 0.1) is 30.4 Å². The molecule has 0 saturated carbocycles. The Balaban J connectivity index is 1.71. The molecule has 3 aromatic carbocycles. The number of nitrogens with zero attached hydrogens (tertiary/aromatic N) is 1. The van der Waals surface area contributed by atoms with Crippen LogP contribution in [0.3, 0.4) is 0 Å². The number of aryl methyl sites for hydroxylation is 1. The lowest BCUT2D eigenvalue weighted by Crippen LogP contribution is -2.14. The molecule has 1 N–H and O–H groups in total. The van der Waals surface area contributed by atoms with Crippen LogP contribution in [-0.4, -0.2) is 39.9 Å². The first kappa shape index (κ1) is 26.6. The van der Waals surface area contributed by atoms with Gasteiger partial charge in [0.25, 0.3) is 0 Å². The van der Waals surface area contributed by atoms with E-state index in [4.69, 9.17) is 9.47 Å². The monoisotopic (exact) mass is 530 g/mol. The zero-order valence-corrected chi connectivity index (χ0v) is 21.9. The summed E-state index contributed by atoms with van der Waals surface area (Å²) in [6, 6.07) is 20.0. The van der Waals surface area contributed by atoms with Crippen molar-refractivity contribution in [1.29, 1.82) is 0 Å². The lowest BCUT2D eigenvalue weighted by atomic mass is 9.95. The number of esters is 1. The molecule has 1 aromatic heterocycles. The highest BCUT2D eigenvalue weighted by molar-refractivity contribution is 7.91. The molecule has 1 heterocycles. The van der Waals surface area contributed by atoms with E-state index in [1.165, 1.54) is 32.5 Å². The van der Waals surface area contributed by atoms with Gasteiger partial charge in [0.2, 0.25) is 9.84 Å². The van der Waals surface area contributed by atoms with Crippen LogP contribution in [0.5, 0.6) is 5.75 Å². The maximum atomic E-state index is 13.4. The van der Waals surface area contributed by atoms with Crippen molar-refractivity contribution in [1.82, 2.24) is 4.98 Å². The van der Waals surface area contributed by atoms with Crippen LogP contribution in [0.4, 0.5) is 5.69 Å². The second-order valence-electron chi connectivity index (χ2n) is 8.41. The number of sulfone groups is 1. The van der Waals surface area contributed by atoms with Gasteiger partial charge in [-0.3, -0.25) is 4.79 Å². The van der Waals surface area contributed by atoms with Crippen molar-refractivity contribution in [3.05, 3.63) is 101 Å². The van der Waals surface area contributed by atoms with E-state index in [2.05, 4.69) is 10.3 Å². The van der Waals surface area contributed by atoms with Gasteiger partial charge in [0.15, 0.2) is 11.3 Å². The molecule has 0 fully saturated rings. The van der Waals surface area contributed by atoms with Crippen LogP contribution < -0.4 is 10.1 Å². The van der Waals surface area contributed by atoms with Crippen LogP contribution >= 0.6 is 0 Å². The Bertz CT molecular complexity index is 1600. The van der Waals surface area contributed by atoms with E-state index in [1.54, 1.807) is 48.5 Å². The number of ether oxygens (including phenoxy) is 2. The molecular weight excluding hydrogens is 504 g/mol. The standard InChI is InChI=1S/C29H26N2O6S/c1-19-15-22(25-9-5-4-7-21(25)18-32)16-26(29(33)37-3)27(19)31-17-20-8-6-14-30-28(20)38(34,35)24-12-10-23(36-2)11-13-24/h4-16,18,31H,17H2,1-3H3. The van der Waals surface area contributed by atoms with E-state index in [1.807, 2.05) is 19.1 Å². The van der Waals surface area contributed by atoms with Crippen LogP contribution in [0.15, 0.2) is 88.9 Å². The van der Waals surface area contributed by atoms with Crippen molar-refractivity contribution in [2.24, 2.45) is 0 Å². The van der Waals surface area contributed by atoms with Crippen molar-refractivity contribution < 1.29 is 27.5 Å². The molecule has 0 aliphatic carbocycles. The molecule has 194 valence electrons. The van der Waals surface area contributed by atoms with Crippen molar-refractivity contribution in [3.63, 3.8) is 0 Å². The number of aldehydes is 1. The highest BCUT2D eigenvalue weighted by atomic mass is 32.2. The summed E-state index contributed by atoms with van der Waals surface area (Å²) >= 11 is 0. The summed E-state index contributed by atoms with van der Waals surface area (Å²) in [5, 5.41) is 3.12. The van der Waals surface area contributed by atoms with Gasteiger partial charge in [-0.15, -0.1) is 0 Å². The topological polar surface area (TPSA) is 112 Å². The predicted octanol–water partition coefficient (Wildman–Crippen LogP) is 5.11. The van der Waals surface area contributed by atoms with E-state index >= 15 is 0 Å². The molecule has 0 bridgehead atoms. The van der Waals surface area contributed by atoms with Crippen LogP contribution in [0, 0.1) is 6.92 Å². The van der Waals surface area contributed by atoms with Crippen LogP contribution in [0.25, 0.3) is 11.1 Å². The van der Waals surface area contributed by atoms with Crippen LogP contribution in [-0.2, 0) is 21.1 Å². The summed E-state index contributed by atoms with van der Waals surface area (Å²) < 4.78 is 36.9. The molecule has 9 heteroatoms. The fourth-order valence-corrected chi connectivity index (χ4v) is 5.56. The van der Waals surface area contributed by atoms with Crippen molar-refractivity contribution in [3.8, 4) is 16.9 Å². The Hall–Kier alpha value is -4.50. The minimum atomic E-state index is -3.92. The molecule has 0 radical (unpaired) electrons. The van der Waals surface area contributed by atoms with E-state index in [0.29, 0.717) is 39.3 Å². The Morgan fingerprint density at radius 3 is 2.42 bits per heavy atom. The number of aromatic nitrogens is 1. The van der Waals surface area contributed by atoms with Gasteiger partial charge in [0.1, 0.15) is 5.75 Å². The fourth-order valence-electron chi connectivity index (χ4n) is 4.16. The molecule has 0 spiro atoms. The largest absolute Gasteiger partial charge is 0.497 e. The molecule has 38 heavy (non-hydrogen) atoms. The predicted molar refractivity (Wildman–Crippen MR) is 143 cm³/mol. The second kappa shape index (κ2) is 11.3. The molecule has 0 atom stereocenters. The molecule has 0 saturated heterocycles. The number of hydrogen-bond donors (Lipinski definition) is 1. The lowest BCUT2D eigenvalue weighted by molar-refractivity contribution is 0.0601. The number of carbonyl (C=O) groups excluding carboxylic acids is 2. The Kier molecular flexibility index (Phi) is 7.87. The van der Waals surface area contributed by atoms with Crippen molar-refractivity contribution in [2.45, 2.75) is 23.4 Å². The summed E-state index contributed by atoms with van der Waals surface area (Å²) in [5.74, 6) is -0.0322. The summed E-state index contributed by atoms with van der Waals surface area (Å²) in [6.07, 6.45) is 2.19.